The second kappa shape index (κ2) is 8.08. The average molecular weight is 374 g/mol. The monoisotopic (exact) mass is 374 g/mol. The van der Waals surface area contributed by atoms with E-state index in [1.165, 1.54) is 12.3 Å². The highest BCUT2D eigenvalue weighted by Crippen LogP contribution is 2.28. The predicted molar refractivity (Wildman–Crippen MR) is 96.5 cm³/mol. The molecular formula is C20H23FN2O4. The molecule has 1 N–H and O–H groups in total. The minimum atomic E-state index is -0.484. The van der Waals surface area contributed by atoms with Crippen LogP contribution in [0.4, 0.5) is 10.1 Å². The van der Waals surface area contributed by atoms with Crippen LogP contribution in [0, 0.1) is 5.82 Å². The van der Waals surface area contributed by atoms with Crippen LogP contribution in [0.5, 0.6) is 5.75 Å². The van der Waals surface area contributed by atoms with Gasteiger partial charge >= 0.3 is 0 Å². The maximum absolute atomic E-state index is 14.3. The standard InChI is InChI=1S/C20H23FN2O4/c21-16-11-14(5-6-18(16)27-15-3-1-2-4-15)22-19(24)17-12-26-20(23-17)13-7-9-25-10-8-13/h5-6,11-13,15H,1-4,7-10H2,(H,22,24). The molecule has 1 aliphatic carbocycles. The van der Waals surface area contributed by atoms with Gasteiger partial charge in [-0.15, -0.1) is 0 Å². The lowest BCUT2D eigenvalue weighted by molar-refractivity contribution is 0.0794. The number of halogens is 1. The van der Waals surface area contributed by atoms with Crippen molar-refractivity contribution in [3.63, 3.8) is 0 Å². The Morgan fingerprint density at radius 2 is 1.96 bits per heavy atom. The number of hydrogen-bond acceptors (Lipinski definition) is 5. The van der Waals surface area contributed by atoms with Gasteiger partial charge in [0.1, 0.15) is 6.26 Å². The summed E-state index contributed by atoms with van der Waals surface area (Å²) in [7, 11) is 0. The normalized spacial score (nSPS) is 18.6. The third kappa shape index (κ3) is 4.30. The number of nitrogens with one attached hydrogen (secondary N) is 1. The maximum Gasteiger partial charge on any atom is 0.277 e. The summed E-state index contributed by atoms with van der Waals surface area (Å²) in [4.78, 5) is 16.7. The molecule has 2 heterocycles. The largest absolute Gasteiger partial charge is 0.487 e. The second-order valence-corrected chi connectivity index (χ2v) is 7.08. The van der Waals surface area contributed by atoms with E-state index in [-0.39, 0.29) is 23.5 Å². The summed E-state index contributed by atoms with van der Waals surface area (Å²) >= 11 is 0. The fourth-order valence-corrected chi connectivity index (χ4v) is 3.58. The first kappa shape index (κ1) is 18.0. The van der Waals surface area contributed by atoms with E-state index in [4.69, 9.17) is 13.9 Å². The lowest BCUT2D eigenvalue weighted by Crippen LogP contribution is -2.16. The number of carbonyl (C=O) groups is 1. The lowest BCUT2D eigenvalue weighted by Gasteiger charge is -2.18. The molecule has 1 aromatic carbocycles. The summed E-state index contributed by atoms with van der Waals surface area (Å²) in [6.45, 7) is 1.34. The minimum Gasteiger partial charge on any atom is -0.487 e. The van der Waals surface area contributed by atoms with Gasteiger partial charge in [0, 0.05) is 30.9 Å². The Kier molecular flexibility index (Phi) is 5.38. The molecule has 144 valence electrons. The molecule has 0 radical (unpaired) electrons. The van der Waals surface area contributed by atoms with Gasteiger partial charge in [0.2, 0.25) is 0 Å². The number of anilines is 1. The summed E-state index contributed by atoms with van der Waals surface area (Å²) in [6, 6.07) is 4.45. The van der Waals surface area contributed by atoms with Gasteiger partial charge in [0.15, 0.2) is 23.2 Å². The van der Waals surface area contributed by atoms with Crippen LogP contribution in [0.3, 0.4) is 0 Å². The first-order valence-electron chi connectivity index (χ1n) is 9.50. The molecule has 0 unspecified atom stereocenters. The first-order valence-corrected chi connectivity index (χ1v) is 9.50. The van der Waals surface area contributed by atoms with Crippen LogP contribution in [0.1, 0.15) is 60.8 Å². The molecule has 0 spiro atoms. The van der Waals surface area contributed by atoms with Crippen molar-refractivity contribution in [1.29, 1.82) is 0 Å². The number of benzene rings is 1. The average Bonchev–Trinajstić information content (AvgIpc) is 3.37. The van der Waals surface area contributed by atoms with Crippen molar-refractivity contribution in [2.24, 2.45) is 0 Å². The van der Waals surface area contributed by atoms with Crippen molar-refractivity contribution in [3.05, 3.63) is 41.9 Å². The van der Waals surface area contributed by atoms with Crippen LogP contribution >= 0.6 is 0 Å². The van der Waals surface area contributed by atoms with Crippen LogP contribution in [-0.4, -0.2) is 30.2 Å². The zero-order chi connectivity index (χ0) is 18.6. The highest BCUT2D eigenvalue weighted by Gasteiger charge is 2.23. The fourth-order valence-electron chi connectivity index (χ4n) is 3.58. The molecule has 4 rings (SSSR count). The maximum atomic E-state index is 14.3. The molecule has 1 aromatic heterocycles. The van der Waals surface area contributed by atoms with Gasteiger partial charge in [-0.25, -0.2) is 9.37 Å². The Morgan fingerprint density at radius 1 is 1.19 bits per heavy atom. The number of nitrogens with zero attached hydrogens (tertiary/aromatic N) is 1. The quantitative estimate of drug-likeness (QED) is 0.845. The van der Waals surface area contributed by atoms with Crippen molar-refractivity contribution in [1.82, 2.24) is 4.98 Å². The Morgan fingerprint density at radius 3 is 2.70 bits per heavy atom. The molecule has 0 bridgehead atoms. The second-order valence-electron chi connectivity index (χ2n) is 7.08. The Hall–Kier alpha value is -2.41. The predicted octanol–water partition coefficient (Wildman–Crippen LogP) is 4.28. The van der Waals surface area contributed by atoms with Crippen molar-refractivity contribution in [3.8, 4) is 5.75 Å². The van der Waals surface area contributed by atoms with E-state index in [9.17, 15) is 9.18 Å². The van der Waals surface area contributed by atoms with Crippen LogP contribution < -0.4 is 10.1 Å². The summed E-state index contributed by atoms with van der Waals surface area (Å²) in [5.74, 6) is 0.0338. The molecule has 7 heteroatoms. The van der Waals surface area contributed by atoms with Crippen LogP contribution in [-0.2, 0) is 4.74 Å². The molecule has 1 aliphatic heterocycles. The number of rotatable bonds is 5. The van der Waals surface area contributed by atoms with E-state index in [2.05, 4.69) is 10.3 Å². The SMILES string of the molecule is O=C(Nc1ccc(OC2CCCC2)c(F)c1)c1coc(C2CCOCC2)n1. The number of oxazole rings is 1. The van der Waals surface area contributed by atoms with Gasteiger partial charge in [-0.05, 0) is 50.7 Å². The molecule has 1 amide bonds. The Balaban J connectivity index is 1.39. The summed E-state index contributed by atoms with van der Waals surface area (Å²) in [5, 5.41) is 2.65. The first-order chi connectivity index (χ1) is 13.2. The summed E-state index contributed by atoms with van der Waals surface area (Å²) < 4.78 is 30.8. The van der Waals surface area contributed by atoms with Crippen LogP contribution in [0.25, 0.3) is 0 Å². The number of hydrogen-bond donors (Lipinski definition) is 1. The third-order valence-electron chi connectivity index (χ3n) is 5.11. The Labute approximate surface area is 157 Å². The molecule has 6 nitrogen and oxygen atoms in total. The molecule has 1 saturated carbocycles. The molecule has 0 atom stereocenters. The molecule has 1 saturated heterocycles. The summed E-state index contributed by atoms with van der Waals surface area (Å²) in [6.07, 6.45) is 7.23. The molecule has 2 aliphatic rings. The van der Waals surface area contributed by atoms with Gasteiger partial charge < -0.3 is 19.2 Å². The molecule has 27 heavy (non-hydrogen) atoms. The zero-order valence-electron chi connectivity index (χ0n) is 15.1. The topological polar surface area (TPSA) is 73.6 Å². The Bertz CT molecular complexity index is 795. The smallest absolute Gasteiger partial charge is 0.277 e. The van der Waals surface area contributed by atoms with Gasteiger partial charge in [0.05, 0.1) is 6.10 Å². The fraction of sp³-hybridized carbons (Fsp3) is 0.500. The van der Waals surface area contributed by atoms with Crippen molar-refractivity contribution >= 4 is 11.6 Å². The molecule has 2 fully saturated rings. The summed E-state index contributed by atoms with van der Waals surface area (Å²) in [5.41, 5.74) is 0.537. The minimum absolute atomic E-state index is 0.0821. The van der Waals surface area contributed by atoms with E-state index in [1.807, 2.05) is 0 Å². The van der Waals surface area contributed by atoms with E-state index in [0.717, 1.165) is 38.5 Å². The van der Waals surface area contributed by atoms with E-state index < -0.39 is 11.7 Å². The highest BCUT2D eigenvalue weighted by atomic mass is 19.1. The van der Waals surface area contributed by atoms with E-state index >= 15 is 0 Å². The molecular weight excluding hydrogens is 351 g/mol. The van der Waals surface area contributed by atoms with Gasteiger partial charge in [-0.1, -0.05) is 0 Å². The number of amides is 1. The zero-order valence-corrected chi connectivity index (χ0v) is 15.1. The highest BCUT2D eigenvalue weighted by molar-refractivity contribution is 6.02. The van der Waals surface area contributed by atoms with Gasteiger partial charge in [-0.2, -0.15) is 0 Å². The van der Waals surface area contributed by atoms with Gasteiger partial charge in [0.25, 0.3) is 5.91 Å². The van der Waals surface area contributed by atoms with E-state index in [0.29, 0.717) is 24.8 Å². The van der Waals surface area contributed by atoms with Crippen LogP contribution in [0.2, 0.25) is 0 Å². The number of aromatic nitrogens is 1. The lowest BCUT2D eigenvalue weighted by atomic mass is 10.0. The van der Waals surface area contributed by atoms with Crippen molar-refractivity contribution in [2.75, 3.05) is 18.5 Å². The van der Waals surface area contributed by atoms with Crippen LogP contribution in [0.15, 0.2) is 28.9 Å². The third-order valence-corrected chi connectivity index (χ3v) is 5.11. The van der Waals surface area contributed by atoms with Crippen molar-refractivity contribution < 1.29 is 23.1 Å². The van der Waals surface area contributed by atoms with E-state index in [1.54, 1.807) is 12.1 Å². The van der Waals surface area contributed by atoms with Gasteiger partial charge in [-0.3, -0.25) is 4.79 Å². The number of carbonyl (C=O) groups excluding carboxylic acids is 1. The number of ether oxygens (including phenoxy) is 2. The van der Waals surface area contributed by atoms with Crippen molar-refractivity contribution in [2.45, 2.75) is 50.5 Å². The molecule has 2 aromatic rings.